The Morgan fingerprint density at radius 3 is 2.55 bits per heavy atom. The van der Waals surface area contributed by atoms with Crippen molar-refractivity contribution in [2.45, 2.75) is 37.1 Å². The van der Waals surface area contributed by atoms with Crippen LogP contribution >= 0.6 is 23.2 Å². The van der Waals surface area contributed by atoms with Crippen LogP contribution in [0.4, 0.5) is 17.6 Å². The van der Waals surface area contributed by atoms with Crippen LogP contribution in [0, 0.1) is 5.82 Å². The number of benzene rings is 1. The number of rotatable bonds is 4. The fourth-order valence-corrected chi connectivity index (χ4v) is 4.15. The molecule has 33 heavy (non-hydrogen) atoms. The molecule has 1 aliphatic carbocycles. The van der Waals surface area contributed by atoms with Crippen molar-refractivity contribution in [3.8, 4) is 0 Å². The van der Waals surface area contributed by atoms with E-state index in [1.165, 1.54) is 18.5 Å². The molecule has 3 aromatic rings. The summed E-state index contributed by atoms with van der Waals surface area (Å²) < 4.78 is 62.0. The number of oxime groups is 1. The van der Waals surface area contributed by atoms with Crippen LogP contribution in [-0.4, -0.2) is 28.8 Å². The summed E-state index contributed by atoms with van der Waals surface area (Å²) in [6, 6.07) is 3.21. The molecule has 0 spiro atoms. The van der Waals surface area contributed by atoms with Crippen molar-refractivity contribution in [3.05, 3.63) is 63.3 Å². The number of carbonyl (C=O) groups excluding carboxylic acids is 1. The van der Waals surface area contributed by atoms with Crippen LogP contribution in [0.2, 0.25) is 10.0 Å². The molecular weight excluding hydrogens is 489 g/mol. The SMILES string of the molecule is O=C(NC1CC1)c1ncc(C2=NOC(c3cc(Cl)c(F)c(Cl)c3)(C(F)(F)F)C2)c2occc12. The molecule has 1 aromatic carbocycles. The van der Waals surface area contributed by atoms with E-state index >= 15 is 0 Å². The smallest absolute Gasteiger partial charge is 0.435 e. The Bertz CT molecular complexity index is 1300. The van der Waals surface area contributed by atoms with E-state index in [2.05, 4.69) is 15.5 Å². The van der Waals surface area contributed by atoms with Crippen LogP contribution in [-0.2, 0) is 10.4 Å². The predicted molar refractivity (Wildman–Crippen MR) is 111 cm³/mol. The molecule has 1 atom stereocenters. The second-order valence-corrected chi connectivity index (χ2v) is 8.63. The van der Waals surface area contributed by atoms with Crippen LogP contribution in [0.1, 0.15) is 40.9 Å². The fourth-order valence-electron chi connectivity index (χ4n) is 3.67. The molecule has 1 aliphatic heterocycles. The Balaban J connectivity index is 1.54. The maximum Gasteiger partial charge on any atom is 0.435 e. The lowest BCUT2D eigenvalue weighted by Gasteiger charge is -2.29. The maximum atomic E-state index is 14.2. The molecule has 5 rings (SSSR count). The van der Waals surface area contributed by atoms with Gasteiger partial charge < -0.3 is 14.6 Å². The minimum absolute atomic E-state index is 0.0908. The molecule has 2 aliphatic rings. The Hall–Kier alpha value is -2.85. The van der Waals surface area contributed by atoms with Gasteiger partial charge in [-0.3, -0.25) is 4.79 Å². The van der Waals surface area contributed by atoms with Gasteiger partial charge in [-0.1, -0.05) is 28.4 Å². The molecule has 3 heterocycles. The fraction of sp³-hybridized carbons (Fsp3) is 0.286. The third-order valence-electron chi connectivity index (χ3n) is 5.56. The van der Waals surface area contributed by atoms with Gasteiger partial charge in [0.15, 0.2) is 5.82 Å². The van der Waals surface area contributed by atoms with Gasteiger partial charge in [-0.05, 0) is 31.0 Å². The van der Waals surface area contributed by atoms with Crippen LogP contribution < -0.4 is 5.32 Å². The molecule has 0 bridgehead atoms. The minimum Gasteiger partial charge on any atom is -0.463 e. The topological polar surface area (TPSA) is 76.7 Å². The quantitative estimate of drug-likeness (QED) is 0.364. The van der Waals surface area contributed by atoms with E-state index in [0.717, 1.165) is 25.0 Å². The molecule has 1 saturated carbocycles. The molecule has 0 radical (unpaired) electrons. The summed E-state index contributed by atoms with van der Waals surface area (Å²) in [5, 5.41) is 5.63. The first kappa shape index (κ1) is 22.0. The first-order valence-electron chi connectivity index (χ1n) is 9.75. The van der Waals surface area contributed by atoms with E-state index < -0.39 is 45.5 Å². The number of amides is 1. The molecular formula is C21H13Cl2F4N3O3. The van der Waals surface area contributed by atoms with Crippen molar-refractivity contribution >= 4 is 45.8 Å². The minimum atomic E-state index is -4.96. The summed E-state index contributed by atoms with van der Waals surface area (Å²) in [6.45, 7) is 0. The molecule has 1 unspecified atom stereocenters. The third-order valence-corrected chi connectivity index (χ3v) is 6.11. The van der Waals surface area contributed by atoms with Gasteiger partial charge in [-0.2, -0.15) is 13.2 Å². The van der Waals surface area contributed by atoms with Gasteiger partial charge >= 0.3 is 6.18 Å². The largest absolute Gasteiger partial charge is 0.463 e. The van der Waals surface area contributed by atoms with Gasteiger partial charge in [0.25, 0.3) is 11.5 Å². The van der Waals surface area contributed by atoms with Gasteiger partial charge in [-0.25, -0.2) is 9.37 Å². The molecule has 1 amide bonds. The van der Waals surface area contributed by atoms with Crippen LogP contribution in [0.3, 0.4) is 0 Å². The second kappa shape index (κ2) is 7.59. The number of hydrogen-bond donors (Lipinski definition) is 1. The summed E-state index contributed by atoms with van der Waals surface area (Å²) in [7, 11) is 0. The highest BCUT2D eigenvalue weighted by molar-refractivity contribution is 6.35. The summed E-state index contributed by atoms with van der Waals surface area (Å²) in [4.78, 5) is 21.6. The lowest BCUT2D eigenvalue weighted by atomic mass is 9.86. The zero-order chi connectivity index (χ0) is 23.5. The Kier molecular flexibility index (Phi) is 5.06. The molecule has 1 N–H and O–H groups in total. The molecule has 0 saturated heterocycles. The highest BCUT2D eigenvalue weighted by atomic mass is 35.5. The molecule has 2 aromatic heterocycles. The first-order valence-corrected chi connectivity index (χ1v) is 10.5. The van der Waals surface area contributed by atoms with Crippen molar-refractivity contribution < 1.29 is 31.6 Å². The molecule has 12 heteroatoms. The summed E-state index contributed by atoms with van der Waals surface area (Å²) in [6.07, 6.45) is -1.46. The number of aromatic nitrogens is 1. The van der Waals surface area contributed by atoms with Crippen LogP contribution in [0.5, 0.6) is 0 Å². The third kappa shape index (κ3) is 3.61. The van der Waals surface area contributed by atoms with Crippen molar-refractivity contribution in [2.24, 2.45) is 5.16 Å². The molecule has 6 nitrogen and oxygen atoms in total. The van der Waals surface area contributed by atoms with Crippen molar-refractivity contribution in [1.29, 1.82) is 0 Å². The summed E-state index contributed by atoms with van der Waals surface area (Å²) >= 11 is 11.5. The van der Waals surface area contributed by atoms with E-state index in [1.807, 2.05) is 0 Å². The second-order valence-electron chi connectivity index (χ2n) is 7.82. The van der Waals surface area contributed by atoms with E-state index in [-0.39, 0.29) is 28.6 Å². The van der Waals surface area contributed by atoms with Crippen LogP contribution in [0.15, 0.2) is 40.2 Å². The van der Waals surface area contributed by atoms with Gasteiger partial charge in [0.05, 0.1) is 39.4 Å². The Labute approximate surface area is 193 Å². The first-order chi connectivity index (χ1) is 15.6. The van der Waals surface area contributed by atoms with Gasteiger partial charge in [0, 0.05) is 17.8 Å². The van der Waals surface area contributed by atoms with Gasteiger partial charge in [0.1, 0.15) is 11.3 Å². The highest BCUT2D eigenvalue weighted by Gasteiger charge is 2.62. The van der Waals surface area contributed by atoms with Gasteiger partial charge in [0.2, 0.25) is 0 Å². The Morgan fingerprint density at radius 2 is 1.91 bits per heavy atom. The number of alkyl halides is 3. The number of nitrogens with zero attached hydrogens (tertiary/aromatic N) is 2. The monoisotopic (exact) mass is 501 g/mol. The lowest BCUT2D eigenvalue weighted by Crippen LogP contribution is -2.42. The number of hydrogen-bond acceptors (Lipinski definition) is 5. The zero-order valence-corrected chi connectivity index (χ0v) is 18.0. The average molecular weight is 502 g/mol. The van der Waals surface area contributed by atoms with Crippen molar-refractivity contribution in [2.75, 3.05) is 0 Å². The van der Waals surface area contributed by atoms with Crippen LogP contribution in [0.25, 0.3) is 11.0 Å². The summed E-state index contributed by atoms with van der Waals surface area (Å²) in [5.74, 6) is -1.44. The number of pyridine rings is 1. The number of fused-ring (bicyclic) bond motifs is 1. The van der Waals surface area contributed by atoms with E-state index in [4.69, 9.17) is 32.5 Å². The van der Waals surface area contributed by atoms with Crippen molar-refractivity contribution in [1.82, 2.24) is 10.3 Å². The number of carbonyl (C=O) groups is 1. The summed E-state index contributed by atoms with van der Waals surface area (Å²) in [5.41, 5.74) is -3.22. The predicted octanol–water partition coefficient (Wildman–Crippen LogP) is 5.75. The number of furan rings is 1. The standard InChI is InChI=1S/C21H13Cl2F4N3O3/c22-13-5-9(6-14(23)16(13)24)20(21(25,26)27)7-15(30-33-20)12-8-28-17(11-3-4-32-18(11)12)19(31)29-10-1-2-10/h3-6,8,10H,1-2,7H2,(H,29,31). The van der Waals surface area contributed by atoms with Crippen molar-refractivity contribution in [3.63, 3.8) is 0 Å². The van der Waals surface area contributed by atoms with E-state index in [1.54, 1.807) is 0 Å². The van der Waals surface area contributed by atoms with E-state index in [0.29, 0.717) is 5.39 Å². The van der Waals surface area contributed by atoms with Gasteiger partial charge in [-0.15, -0.1) is 0 Å². The number of nitrogens with one attached hydrogen (secondary N) is 1. The molecule has 172 valence electrons. The van der Waals surface area contributed by atoms with E-state index in [9.17, 15) is 22.4 Å². The normalized spacial score (nSPS) is 20.6. The Morgan fingerprint density at radius 1 is 1.21 bits per heavy atom. The molecule has 1 fully saturated rings. The lowest BCUT2D eigenvalue weighted by molar-refractivity contribution is -0.275. The number of halogens is 6. The highest BCUT2D eigenvalue weighted by Crippen LogP contribution is 2.50. The zero-order valence-electron chi connectivity index (χ0n) is 16.5. The average Bonchev–Trinajstić information content (AvgIpc) is 3.25. The maximum absolute atomic E-state index is 14.2.